The van der Waals surface area contributed by atoms with Crippen molar-refractivity contribution < 1.29 is 4.79 Å². The molecule has 1 amide bonds. The number of aromatic nitrogens is 1. The number of carbonyl (C=O) groups excluding carboxylic acids is 1. The monoisotopic (exact) mass is 311 g/mol. The highest BCUT2D eigenvalue weighted by molar-refractivity contribution is 5.92. The van der Waals surface area contributed by atoms with Gasteiger partial charge in [-0.25, -0.2) is 4.98 Å². The quantitative estimate of drug-likeness (QED) is 0.773. The van der Waals surface area contributed by atoms with E-state index in [0.29, 0.717) is 5.69 Å². The predicted octanol–water partition coefficient (Wildman–Crippen LogP) is 2.84. The van der Waals surface area contributed by atoms with Gasteiger partial charge in [0.15, 0.2) is 0 Å². The summed E-state index contributed by atoms with van der Waals surface area (Å²) >= 11 is 0. The molecule has 0 radical (unpaired) electrons. The topological polar surface area (TPSA) is 54.0 Å². The van der Waals surface area contributed by atoms with Gasteiger partial charge in [-0.1, -0.05) is 36.8 Å². The molecule has 1 aromatic carbocycles. The summed E-state index contributed by atoms with van der Waals surface area (Å²) in [5, 5.41) is 6.03. The fourth-order valence-corrected chi connectivity index (χ4v) is 2.41. The van der Waals surface area contributed by atoms with Crippen molar-refractivity contribution in [1.29, 1.82) is 0 Å². The maximum atomic E-state index is 12.0. The fraction of sp³-hybridized carbons (Fsp3) is 0.368. The lowest BCUT2D eigenvalue weighted by Gasteiger charge is -2.10. The summed E-state index contributed by atoms with van der Waals surface area (Å²) in [6, 6.07) is 12.4. The Morgan fingerprint density at radius 1 is 1.13 bits per heavy atom. The summed E-state index contributed by atoms with van der Waals surface area (Å²) in [7, 11) is 1.63. The summed E-state index contributed by atoms with van der Waals surface area (Å²) < 4.78 is 0. The Bertz CT molecular complexity index is 650. The van der Waals surface area contributed by atoms with Crippen molar-refractivity contribution >= 4 is 5.91 Å². The van der Waals surface area contributed by atoms with Gasteiger partial charge in [0.25, 0.3) is 5.91 Å². The minimum Gasteiger partial charge on any atom is -0.354 e. The lowest BCUT2D eigenvalue weighted by molar-refractivity contribution is 0.0958. The third-order valence-corrected chi connectivity index (χ3v) is 3.66. The van der Waals surface area contributed by atoms with E-state index in [1.807, 2.05) is 6.07 Å². The minimum atomic E-state index is -0.146. The maximum Gasteiger partial charge on any atom is 0.269 e. The largest absolute Gasteiger partial charge is 0.354 e. The highest BCUT2D eigenvalue weighted by Gasteiger charge is 2.09. The van der Waals surface area contributed by atoms with Gasteiger partial charge in [0.2, 0.25) is 0 Å². The first-order chi connectivity index (χ1) is 11.1. The van der Waals surface area contributed by atoms with Crippen molar-refractivity contribution in [3.63, 3.8) is 0 Å². The molecule has 122 valence electrons. The molecule has 0 aliphatic carbocycles. The van der Waals surface area contributed by atoms with E-state index in [1.54, 1.807) is 7.05 Å². The third-order valence-electron chi connectivity index (χ3n) is 3.66. The standard InChI is InChI=1S/C19H25N3O/c1-4-9-21-13-16-11-17(22-18(12-16)19(23)20-3)10-15-7-5-14(2)6-8-15/h5-8,11-12,21H,4,9-10,13H2,1-3H3,(H,20,23). The third kappa shape index (κ3) is 5.18. The Balaban J connectivity index is 2.23. The highest BCUT2D eigenvalue weighted by atomic mass is 16.1. The Morgan fingerprint density at radius 3 is 2.52 bits per heavy atom. The first-order valence-electron chi connectivity index (χ1n) is 8.10. The van der Waals surface area contributed by atoms with Crippen LogP contribution in [0, 0.1) is 6.92 Å². The Kier molecular flexibility index (Phi) is 6.29. The summed E-state index contributed by atoms with van der Waals surface area (Å²) in [6.07, 6.45) is 1.81. The molecule has 0 unspecified atom stereocenters. The average Bonchev–Trinajstić information content (AvgIpc) is 2.56. The Hall–Kier alpha value is -2.20. The minimum absolute atomic E-state index is 0.146. The molecule has 2 N–H and O–H groups in total. The van der Waals surface area contributed by atoms with Gasteiger partial charge >= 0.3 is 0 Å². The molecule has 0 spiro atoms. The summed E-state index contributed by atoms with van der Waals surface area (Å²) in [5.74, 6) is -0.146. The zero-order chi connectivity index (χ0) is 16.7. The van der Waals surface area contributed by atoms with Crippen molar-refractivity contribution in [3.8, 4) is 0 Å². The van der Waals surface area contributed by atoms with E-state index in [1.165, 1.54) is 11.1 Å². The number of hydrogen-bond acceptors (Lipinski definition) is 3. The van der Waals surface area contributed by atoms with Crippen LogP contribution >= 0.6 is 0 Å². The lowest BCUT2D eigenvalue weighted by atomic mass is 10.1. The van der Waals surface area contributed by atoms with E-state index in [2.05, 4.69) is 59.8 Å². The van der Waals surface area contributed by atoms with Gasteiger partial charge in [-0.2, -0.15) is 0 Å². The van der Waals surface area contributed by atoms with Crippen LogP contribution < -0.4 is 10.6 Å². The molecule has 0 fully saturated rings. The fourth-order valence-electron chi connectivity index (χ4n) is 2.41. The van der Waals surface area contributed by atoms with Crippen molar-refractivity contribution in [2.45, 2.75) is 33.2 Å². The zero-order valence-corrected chi connectivity index (χ0v) is 14.1. The number of hydrogen-bond donors (Lipinski definition) is 2. The van der Waals surface area contributed by atoms with Gasteiger partial charge in [-0.3, -0.25) is 4.79 Å². The van der Waals surface area contributed by atoms with Gasteiger partial charge in [0, 0.05) is 25.7 Å². The molecule has 2 rings (SSSR count). The number of benzene rings is 1. The summed E-state index contributed by atoms with van der Waals surface area (Å²) in [4.78, 5) is 16.5. The molecular weight excluding hydrogens is 286 g/mol. The van der Waals surface area contributed by atoms with Crippen molar-refractivity contribution in [3.05, 3.63) is 64.5 Å². The van der Waals surface area contributed by atoms with Crippen LogP contribution in [0.15, 0.2) is 36.4 Å². The number of aryl methyl sites for hydroxylation is 1. The van der Waals surface area contributed by atoms with E-state index < -0.39 is 0 Å². The molecule has 1 heterocycles. The second-order valence-corrected chi connectivity index (χ2v) is 5.77. The van der Waals surface area contributed by atoms with Gasteiger partial charge in [-0.05, 0) is 43.1 Å². The van der Waals surface area contributed by atoms with Gasteiger partial charge < -0.3 is 10.6 Å². The van der Waals surface area contributed by atoms with Crippen LogP contribution in [-0.2, 0) is 13.0 Å². The zero-order valence-electron chi connectivity index (χ0n) is 14.1. The van der Waals surface area contributed by atoms with Gasteiger partial charge in [-0.15, -0.1) is 0 Å². The molecule has 0 aliphatic heterocycles. The van der Waals surface area contributed by atoms with Gasteiger partial charge in [0.05, 0.1) is 0 Å². The lowest BCUT2D eigenvalue weighted by Crippen LogP contribution is -2.21. The van der Waals surface area contributed by atoms with Crippen LogP contribution in [0.3, 0.4) is 0 Å². The molecule has 0 saturated heterocycles. The SMILES string of the molecule is CCCNCc1cc(Cc2ccc(C)cc2)nc(C(=O)NC)c1. The molecule has 2 aromatic rings. The van der Waals surface area contributed by atoms with Crippen LogP contribution in [0.5, 0.6) is 0 Å². The van der Waals surface area contributed by atoms with E-state index in [-0.39, 0.29) is 5.91 Å². The number of carbonyl (C=O) groups is 1. The Labute approximate surface area is 138 Å². The first-order valence-corrected chi connectivity index (χ1v) is 8.10. The predicted molar refractivity (Wildman–Crippen MR) is 93.6 cm³/mol. The van der Waals surface area contributed by atoms with Gasteiger partial charge in [0.1, 0.15) is 5.69 Å². The molecule has 4 heteroatoms. The number of amides is 1. The summed E-state index contributed by atoms with van der Waals surface area (Å²) in [5.41, 5.74) is 4.93. The molecule has 0 bridgehead atoms. The molecule has 4 nitrogen and oxygen atoms in total. The smallest absolute Gasteiger partial charge is 0.269 e. The maximum absolute atomic E-state index is 12.0. The van der Waals surface area contributed by atoms with E-state index >= 15 is 0 Å². The van der Waals surface area contributed by atoms with Crippen LogP contribution in [0.25, 0.3) is 0 Å². The molecule has 0 saturated carbocycles. The highest BCUT2D eigenvalue weighted by Crippen LogP contribution is 2.13. The summed E-state index contributed by atoms with van der Waals surface area (Å²) in [6.45, 7) is 5.93. The van der Waals surface area contributed by atoms with Crippen LogP contribution in [0.4, 0.5) is 0 Å². The van der Waals surface area contributed by atoms with E-state index in [9.17, 15) is 4.79 Å². The molecule has 0 atom stereocenters. The first kappa shape index (κ1) is 17.2. The number of pyridine rings is 1. The Morgan fingerprint density at radius 2 is 1.87 bits per heavy atom. The number of nitrogens with zero attached hydrogens (tertiary/aromatic N) is 1. The molecular formula is C19H25N3O. The van der Waals surface area contributed by atoms with Crippen LogP contribution in [0.1, 0.15) is 46.2 Å². The van der Waals surface area contributed by atoms with Crippen LogP contribution in [0.2, 0.25) is 0 Å². The van der Waals surface area contributed by atoms with Crippen molar-refractivity contribution in [2.24, 2.45) is 0 Å². The molecule has 1 aromatic heterocycles. The van der Waals surface area contributed by atoms with E-state index in [0.717, 1.165) is 37.2 Å². The van der Waals surface area contributed by atoms with Crippen molar-refractivity contribution in [2.75, 3.05) is 13.6 Å². The second-order valence-electron chi connectivity index (χ2n) is 5.77. The number of rotatable bonds is 7. The number of nitrogens with one attached hydrogen (secondary N) is 2. The average molecular weight is 311 g/mol. The molecule has 23 heavy (non-hydrogen) atoms. The van der Waals surface area contributed by atoms with Crippen molar-refractivity contribution in [1.82, 2.24) is 15.6 Å². The van der Waals surface area contributed by atoms with E-state index in [4.69, 9.17) is 0 Å². The second kappa shape index (κ2) is 8.44. The van der Waals surface area contributed by atoms with Crippen LogP contribution in [-0.4, -0.2) is 24.5 Å². The normalized spacial score (nSPS) is 10.6. The molecule has 0 aliphatic rings.